The first-order valence-electron chi connectivity index (χ1n) is 8.60. The van der Waals surface area contributed by atoms with Gasteiger partial charge in [0.25, 0.3) is 0 Å². The Morgan fingerprint density at radius 3 is 1.96 bits per heavy atom. The molecule has 0 saturated heterocycles. The number of rotatable bonds is 6. The van der Waals surface area contributed by atoms with Crippen LogP contribution in [0, 0.1) is 0 Å². The summed E-state index contributed by atoms with van der Waals surface area (Å²) < 4.78 is 0. The van der Waals surface area contributed by atoms with E-state index < -0.39 is 0 Å². The molecule has 1 amide bonds. The van der Waals surface area contributed by atoms with Gasteiger partial charge < -0.3 is 10.2 Å². The molecule has 128 valence electrons. The second-order valence-corrected chi connectivity index (χ2v) is 6.76. The van der Waals surface area contributed by atoms with Crippen molar-refractivity contribution in [1.82, 2.24) is 0 Å². The zero-order valence-electron chi connectivity index (χ0n) is 15.3. The number of carbonyl (C=O) groups is 1. The average molecular weight is 324 g/mol. The lowest BCUT2D eigenvalue weighted by atomic mass is 9.92. The van der Waals surface area contributed by atoms with Gasteiger partial charge in [-0.2, -0.15) is 0 Å². The highest BCUT2D eigenvalue weighted by Gasteiger charge is 2.16. The second-order valence-electron chi connectivity index (χ2n) is 6.76. The van der Waals surface area contributed by atoms with Crippen LogP contribution in [0.25, 0.3) is 0 Å². The normalized spacial score (nSPS) is 11.0. The summed E-state index contributed by atoms with van der Waals surface area (Å²) in [5.74, 6) is 0.871. The third-order valence-corrected chi connectivity index (χ3v) is 4.31. The number of hydrogen-bond acceptors (Lipinski definition) is 2. The number of amides is 1. The van der Waals surface area contributed by atoms with Crippen LogP contribution in [0.4, 0.5) is 11.4 Å². The van der Waals surface area contributed by atoms with Gasteiger partial charge in [-0.25, -0.2) is 0 Å². The zero-order valence-corrected chi connectivity index (χ0v) is 15.3. The van der Waals surface area contributed by atoms with Crippen LogP contribution in [0.15, 0.2) is 48.5 Å². The quantitative estimate of drug-likeness (QED) is 0.810. The number of nitrogens with zero attached hydrogens (tertiary/aromatic N) is 1. The van der Waals surface area contributed by atoms with Crippen molar-refractivity contribution in [2.45, 2.75) is 39.5 Å². The molecule has 0 aliphatic carbocycles. The SMILES string of the molecule is CC(C)c1cccc(C(C)C)c1NCC(=O)N(C)c1ccccc1. The summed E-state index contributed by atoms with van der Waals surface area (Å²) in [6, 6.07) is 16.1. The van der Waals surface area contributed by atoms with E-state index in [2.05, 4.69) is 51.2 Å². The van der Waals surface area contributed by atoms with Crippen LogP contribution in [0.5, 0.6) is 0 Å². The average Bonchev–Trinajstić information content (AvgIpc) is 2.59. The van der Waals surface area contributed by atoms with E-state index in [1.54, 1.807) is 4.90 Å². The molecule has 0 radical (unpaired) electrons. The van der Waals surface area contributed by atoms with E-state index >= 15 is 0 Å². The Labute approximate surface area is 145 Å². The highest BCUT2D eigenvalue weighted by Crippen LogP contribution is 2.32. The fourth-order valence-electron chi connectivity index (χ4n) is 2.83. The Hall–Kier alpha value is -2.29. The number of nitrogens with one attached hydrogen (secondary N) is 1. The molecule has 3 nitrogen and oxygen atoms in total. The van der Waals surface area contributed by atoms with Gasteiger partial charge in [0.15, 0.2) is 0 Å². The molecular weight excluding hydrogens is 296 g/mol. The standard InChI is InChI=1S/C21H28N2O/c1-15(2)18-12-9-13-19(16(3)4)21(18)22-14-20(24)23(5)17-10-7-6-8-11-17/h6-13,15-16,22H,14H2,1-5H3. The highest BCUT2D eigenvalue weighted by molar-refractivity contribution is 5.95. The van der Waals surface area contributed by atoms with Gasteiger partial charge >= 0.3 is 0 Å². The predicted molar refractivity (Wildman–Crippen MR) is 103 cm³/mol. The molecule has 0 aliphatic heterocycles. The smallest absolute Gasteiger partial charge is 0.246 e. The van der Waals surface area contributed by atoms with Gasteiger partial charge in [-0.05, 0) is 35.1 Å². The maximum absolute atomic E-state index is 12.5. The van der Waals surface area contributed by atoms with Crippen molar-refractivity contribution in [2.24, 2.45) is 0 Å². The van der Waals surface area contributed by atoms with E-state index in [1.165, 1.54) is 11.1 Å². The lowest BCUT2D eigenvalue weighted by Crippen LogP contribution is -2.32. The number of hydrogen-bond donors (Lipinski definition) is 1. The highest BCUT2D eigenvalue weighted by atomic mass is 16.2. The number of anilines is 2. The monoisotopic (exact) mass is 324 g/mol. The molecule has 1 N–H and O–H groups in total. The predicted octanol–water partition coefficient (Wildman–Crippen LogP) is 5.01. The lowest BCUT2D eigenvalue weighted by Gasteiger charge is -2.22. The molecule has 0 aliphatic rings. The maximum Gasteiger partial charge on any atom is 0.246 e. The molecular formula is C21H28N2O. The number of benzene rings is 2. The van der Waals surface area contributed by atoms with Gasteiger partial charge in [0.1, 0.15) is 0 Å². The summed E-state index contributed by atoms with van der Waals surface area (Å²) in [7, 11) is 1.82. The third-order valence-electron chi connectivity index (χ3n) is 4.31. The second kappa shape index (κ2) is 8.00. The molecule has 24 heavy (non-hydrogen) atoms. The van der Waals surface area contributed by atoms with Crippen molar-refractivity contribution in [1.29, 1.82) is 0 Å². The minimum Gasteiger partial charge on any atom is -0.376 e. The van der Waals surface area contributed by atoms with Gasteiger partial charge in [0, 0.05) is 18.4 Å². The first-order chi connectivity index (χ1) is 11.4. The number of para-hydroxylation sites is 2. The number of carbonyl (C=O) groups excluding carboxylic acids is 1. The van der Waals surface area contributed by atoms with Crippen molar-refractivity contribution in [3.05, 3.63) is 59.7 Å². The molecule has 0 bridgehead atoms. The van der Waals surface area contributed by atoms with Crippen molar-refractivity contribution in [2.75, 3.05) is 23.8 Å². The molecule has 0 fully saturated rings. The topological polar surface area (TPSA) is 32.3 Å². The summed E-state index contributed by atoms with van der Waals surface area (Å²) in [4.78, 5) is 14.2. The van der Waals surface area contributed by atoms with Crippen LogP contribution in [-0.2, 0) is 4.79 Å². The maximum atomic E-state index is 12.5. The first-order valence-corrected chi connectivity index (χ1v) is 8.60. The van der Waals surface area contributed by atoms with Crippen LogP contribution >= 0.6 is 0 Å². The fourth-order valence-corrected chi connectivity index (χ4v) is 2.83. The Morgan fingerprint density at radius 2 is 1.46 bits per heavy atom. The molecule has 0 saturated carbocycles. The Morgan fingerprint density at radius 1 is 0.917 bits per heavy atom. The van der Waals surface area contributed by atoms with Crippen molar-refractivity contribution < 1.29 is 4.79 Å². The van der Waals surface area contributed by atoms with Gasteiger partial charge in [0.05, 0.1) is 6.54 Å². The Bertz CT molecular complexity index is 651. The fraction of sp³-hybridized carbons (Fsp3) is 0.381. The first kappa shape index (κ1) is 18.1. The molecule has 2 aromatic carbocycles. The zero-order chi connectivity index (χ0) is 17.7. The van der Waals surface area contributed by atoms with E-state index in [0.29, 0.717) is 11.8 Å². The van der Waals surface area contributed by atoms with E-state index in [0.717, 1.165) is 11.4 Å². The van der Waals surface area contributed by atoms with E-state index in [4.69, 9.17) is 0 Å². The van der Waals surface area contributed by atoms with Gasteiger partial charge in [-0.1, -0.05) is 64.1 Å². The van der Waals surface area contributed by atoms with E-state index in [1.807, 2.05) is 37.4 Å². The molecule has 2 aromatic rings. The lowest BCUT2D eigenvalue weighted by molar-refractivity contribution is -0.116. The summed E-state index contributed by atoms with van der Waals surface area (Å²) in [6.07, 6.45) is 0. The minimum absolute atomic E-state index is 0.0504. The Kier molecular flexibility index (Phi) is 6.02. The van der Waals surface area contributed by atoms with Crippen molar-refractivity contribution >= 4 is 17.3 Å². The third kappa shape index (κ3) is 4.16. The van der Waals surface area contributed by atoms with Gasteiger partial charge in [-0.15, -0.1) is 0 Å². The molecule has 0 spiro atoms. The summed E-state index contributed by atoms with van der Waals surface area (Å²) in [6.45, 7) is 9.02. The van der Waals surface area contributed by atoms with Gasteiger partial charge in [0.2, 0.25) is 5.91 Å². The summed E-state index contributed by atoms with van der Waals surface area (Å²) in [5.41, 5.74) is 4.54. The molecule has 2 rings (SSSR count). The molecule has 0 unspecified atom stereocenters. The summed E-state index contributed by atoms with van der Waals surface area (Å²) >= 11 is 0. The summed E-state index contributed by atoms with van der Waals surface area (Å²) in [5, 5.41) is 3.40. The van der Waals surface area contributed by atoms with Crippen molar-refractivity contribution in [3.63, 3.8) is 0 Å². The Balaban J connectivity index is 2.18. The van der Waals surface area contributed by atoms with Gasteiger partial charge in [-0.3, -0.25) is 4.79 Å². The van der Waals surface area contributed by atoms with Crippen LogP contribution in [0.2, 0.25) is 0 Å². The minimum atomic E-state index is 0.0504. The van der Waals surface area contributed by atoms with E-state index in [9.17, 15) is 4.79 Å². The number of likely N-dealkylation sites (N-methyl/N-ethyl adjacent to an activating group) is 1. The molecule has 0 aromatic heterocycles. The van der Waals surface area contributed by atoms with Crippen LogP contribution in [0.1, 0.15) is 50.7 Å². The van der Waals surface area contributed by atoms with Crippen LogP contribution < -0.4 is 10.2 Å². The molecule has 0 atom stereocenters. The van der Waals surface area contributed by atoms with Crippen LogP contribution in [-0.4, -0.2) is 19.5 Å². The van der Waals surface area contributed by atoms with E-state index in [-0.39, 0.29) is 12.5 Å². The largest absolute Gasteiger partial charge is 0.376 e. The van der Waals surface area contributed by atoms with Crippen LogP contribution in [0.3, 0.4) is 0 Å². The molecule has 3 heteroatoms. The van der Waals surface area contributed by atoms with Crippen molar-refractivity contribution in [3.8, 4) is 0 Å². The molecule has 0 heterocycles.